The molecule has 1 aromatic carbocycles. The molecule has 1 aromatic heterocycles. The lowest BCUT2D eigenvalue weighted by molar-refractivity contribution is -0.385. The predicted octanol–water partition coefficient (Wildman–Crippen LogP) is 3.21. The van der Waals surface area contributed by atoms with E-state index in [2.05, 4.69) is 14.9 Å². The van der Waals surface area contributed by atoms with Crippen LogP contribution in [0.2, 0.25) is 0 Å². The molecular weight excluding hydrogens is 493 g/mol. The minimum absolute atomic E-state index is 0.00410. The minimum Gasteiger partial charge on any atom is -0.483 e. The number of carbonyl (C=O) groups is 1. The Balaban J connectivity index is 1.31. The lowest BCUT2D eigenvalue weighted by atomic mass is 9.98. The Morgan fingerprint density at radius 3 is 2.30 bits per heavy atom. The summed E-state index contributed by atoms with van der Waals surface area (Å²) in [5, 5.41) is 16.1. The van der Waals surface area contributed by atoms with Crippen LogP contribution in [0.25, 0.3) is 11.1 Å². The molecule has 2 aromatic rings. The molecule has 2 aliphatic heterocycles. The number of carbonyl (C=O) groups excluding carboxylic acids is 1. The third-order valence-electron chi connectivity index (χ3n) is 7.27. The van der Waals surface area contributed by atoms with E-state index in [0.29, 0.717) is 31.7 Å². The number of rotatable bonds is 6. The fourth-order valence-corrected chi connectivity index (χ4v) is 5.15. The van der Waals surface area contributed by atoms with E-state index in [1.807, 2.05) is 6.20 Å². The van der Waals surface area contributed by atoms with Crippen LogP contribution in [-0.4, -0.2) is 88.0 Å². The Morgan fingerprint density at radius 2 is 1.76 bits per heavy atom. The van der Waals surface area contributed by atoms with Crippen LogP contribution in [0.15, 0.2) is 24.5 Å². The first-order valence-electron chi connectivity index (χ1n) is 12.4. The van der Waals surface area contributed by atoms with Gasteiger partial charge in [0.1, 0.15) is 0 Å². The highest BCUT2D eigenvalue weighted by atomic mass is 19.4. The molecule has 3 aliphatic rings. The predicted molar refractivity (Wildman–Crippen MR) is 128 cm³/mol. The largest absolute Gasteiger partial charge is 0.483 e. The quantitative estimate of drug-likeness (QED) is 0.425. The minimum atomic E-state index is -4.84. The fourth-order valence-electron chi connectivity index (χ4n) is 5.15. The zero-order chi connectivity index (χ0) is 26.3. The van der Waals surface area contributed by atoms with Crippen molar-refractivity contribution >= 4 is 17.3 Å². The van der Waals surface area contributed by atoms with Crippen molar-refractivity contribution in [2.24, 2.45) is 7.05 Å². The molecule has 37 heavy (non-hydrogen) atoms. The number of hydrogen-bond donors (Lipinski definition) is 0. The molecule has 0 bridgehead atoms. The highest BCUT2D eigenvalue weighted by Gasteiger charge is 2.43. The van der Waals surface area contributed by atoms with E-state index in [1.54, 1.807) is 30.1 Å². The van der Waals surface area contributed by atoms with Gasteiger partial charge in [0.2, 0.25) is 0 Å². The summed E-state index contributed by atoms with van der Waals surface area (Å²) >= 11 is 0. The van der Waals surface area contributed by atoms with Gasteiger partial charge < -0.3 is 14.5 Å². The summed E-state index contributed by atoms with van der Waals surface area (Å²) < 4.78 is 45.8. The number of nitrogens with zero attached hydrogens (tertiary/aromatic N) is 6. The molecule has 0 spiro atoms. The molecule has 3 heterocycles. The Bertz CT molecular complexity index is 1170. The van der Waals surface area contributed by atoms with Gasteiger partial charge in [-0.3, -0.25) is 24.5 Å². The van der Waals surface area contributed by atoms with Gasteiger partial charge in [0.25, 0.3) is 0 Å². The second-order valence-electron chi connectivity index (χ2n) is 9.86. The number of alkyl halides is 3. The van der Waals surface area contributed by atoms with Crippen molar-refractivity contribution < 1.29 is 27.6 Å². The maximum atomic E-state index is 12.8. The fraction of sp³-hybridized carbons (Fsp3) is 0.583. The van der Waals surface area contributed by atoms with Gasteiger partial charge in [-0.25, -0.2) is 0 Å². The lowest BCUT2D eigenvalue weighted by Gasteiger charge is -2.43. The number of ether oxygens (including phenoxy) is 1. The summed E-state index contributed by atoms with van der Waals surface area (Å²) in [5.41, 5.74) is 2.25. The van der Waals surface area contributed by atoms with Crippen LogP contribution in [0.4, 0.5) is 24.5 Å². The SMILES string of the molecule is Cn1cc(-c2cc([N+](=O)[O-])c(OC3CC3)cc2N2CCC(N3CCN(C(=O)C(F)(F)F)CC3)CC2)cn1. The molecule has 0 N–H and O–H groups in total. The summed E-state index contributed by atoms with van der Waals surface area (Å²) in [5.74, 6) is -1.50. The molecule has 0 unspecified atom stereocenters. The average Bonchev–Trinajstić information content (AvgIpc) is 3.59. The number of nitro groups is 1. The van der Waals surface area contributed by atoms with Crippen LogP contribution in [0.5, 0.6) is 5.75 Å². The Hall–Kier alpha value is -3.35. The number of halogens is 3. The summed E-state index contributed by atoms with van der Waals surface area (Å²) in [6.45, 7) is 2.30. The normalized spacial score (nSPS) is 19.8. The van der Waals surface area contributed by atoms with E-state index < -0.39 is 17.0 Å². The summed E-state index contributed by atoms with van der Waals surface area (Å²) in [4.78, 5) is 28.2. The Labute approximate surface area is 211 Å². The molecule has 10 nitrogen and oxygen atoms in total. The second-order valence-corrected chi connectivity index (χ2v) is 9.86. The highest BCUT2D eigenvalue weighted by molar-refractivity contribution is 5.83. The molecule has 200 valence electrons. The van der Waals surface area contributed by atoms with Crippen LogP contribution < -0.4 is 9.64 Å². The number of nitro benzene ring substituents is 1. The standard InChI is InChI=1S/C24H29F3N6O4/c1-29-15-16(14-28-29)19-12-21(33(35)36)22(37-18-2-3-18)13-20(19)31-6-4-17(5-7-31)30-8-10-32(11-9-30)23(34)24(25,26)27/h12-15,17-18H,2-11H2,1H3. The van der Waals surface area contributed by atoms with Crippen molar-refractivity contribution in [3.05, 3.63) is 34.6 Å². The van der Waals surface area contributed by atoms with Gasteiger partial charge in [0.05, 0.1) is 17.2 Å². The van der Waals surface area contributed by atoms with Crippen molar-refractivity contribution in [2.45, 2.75) is 44.0 Å². The van der Waals surface area contributed by atoms with Crippen LogP contribution in [0, 0.1) is 10.1 Å². The third kappa shape index (κ3) is 5.50. The number of piperazine rings is 1. The third-order valence-corrected chi connectivity index (χ3v) is 7.27. The van der Waals surface area contributed by atoms with Crippen molar-refractivity contribution in [1.29, 1.82) is 0 Å². The average molecular weight is 523 g/mol. The van der Waals surface area contributed by atoms with Gasteiger partial charge in [-0.15, -0.1) is 0 Å². The topological polar surface area (TPSA) is 97.0 Å². The van der Waals surface area contributed by atoms with Crippen LogP contribution in [0.3, 0.4) is 0 Å². The number of aromatic nitrogens is 2. The van der Waals surface area contributed by atoms with Gasteiger partial charge in [0.15, 0.2) is 5.75 Å². The maximum absolute atomic E-state index is 12.8. The number of hydrogen-bond acceptors (Lipinski definition) is 7. The molecule has 2 saturated heterocycles. The number of benzene rings is 1. The number of piperidine rings is 1. The van der Waals surface area contributed by atoms with E-state index in [9.17, 15) is 28.1 Å². The molecule has 1 amide bonds. The summed E-state index contributed by atoms with van der Waals surface area (Å²) in [7, 11) is 1.79. The van der Waals surface area contributed by atoms with Gasteiger partial charge in [-0.2, -0.15) is 18.3 Å². The van der Waals surface area contributed by atoms with Crippen molar-refractivity contribution in [3.8, 4) is 16.9 Å². The summed E-state index contributed by atoms with van der Waals surface area (Å²) in [6.07, 6.45) is 1.99. The van der Waals surface area contributed by atoms with E-state index in [4.69, 9.17) is 4.74 Å². The molecular formula is C24H29F3N6O4. The van der Waals surface area contributed by atoms with E-state index in [0.717, 1.165) is 41.8 Å². The first kappa shape index (κ1) is 25.3. The van der Waals surface area contributed by atoms with E-state index in [-0.39, 0.29) is 36.7 Å². The Kier molecular flexibility index (Phi) is 6.73. The monoisotopic (exact) mass is 522 g/mol. The highest BCUT2D eigenvalue weighted by Crippen LogP contribution is 2.43. The zero-order valence-electron chi connectivity index (χ0n) is 20.5. The number of amides is 1. The van der Waals surface area contributed by atoms with Crippen LogP contribution >= 0.6 is 0 Å². The van der Waals surface area contributed by atoms with Crippen molar-refractivity contribution in [1.82, 2.24) is 19.6 Å². The molecule has 0 atom stereocenters. The van der Waals surface area contributed by atoms with Gasteiger partial charge in [-0.1, -0.05) is 0 Å². The molecule has 1 aliphatic carbocycles. The smallest absolute Gasteiger partial charge is 0.471 e. The number of aryl methyl sites for hydroxylation is 1. The maximum Gasteiger partial charge on any atom is 0.471 e. The molecule has 1 saturated carbocycles. The Morgan fingerprint density at radius 1 is 1.08 bits per heavy atom. The van der Waals surface area contributed by atoms with Gasteiger partial charge >= 0.3 is 17.8 Å². The van der Waals surface area contributed by atoms with Gasteiger partial charge in [0, 0.05) is 87.5 Å². The molecule has 13 heteroatoms. The first-order valence-corrected chi connectivity index (χ1v) is 12.4. The molecule has 5 rings (SSSR count). The van der Waals surface area contributed by atoms with Gasteiger partial charge in [-0.05, 0) is 25.7 Å². The van der Waals surface area contributed by atoms with E-state index >= 15 is 0 Å². The molecule has 0 radical (unpaired) electrons. The number of anilines is 1. The first-order chi connectivity index (χ1) is 17.6. The molecule has 3 fully saturated rings. The summed E-state index contributed by atoms with van der Waals surface area (Å²) in [6, 6.07) is 3.52. The lowest BCUT2D eigenvalue weighted by Crippen LogP contribution is -2.56. The second kappa shape index (κ2) is 9.84. The van der Waals surface area contributed by atoms with Crippen LogP contribution in [0.1, 0.15) is 25.7 Å². The van der Waals surface area contributed by atoms with Crippen molar-refractivity contribution in [3.63, 3.8) is 0 Å². The zero-order valence-corrected chi connectivity index (χ0v) is 20.5. The van der Waals surface area contributed by atoms with Crippen LogP contribution in [-0.2, 0) is 11.8 Å². The van der Waals surface area contributed by atoms with Crippen molar-refractivity contribution in [2.75, 3.05) is 44.2 Å². The van der Waals surface area contributed by atoms with E-state index in [1.165, 1.54) is 0 Å².